The number of hydrogen-bond donors (Lipinski definition) is 1. The molecule has 8 nitrogen and oxygen atoms in total. The molecule has 0 bridgehead atoms. The van der Waals surface area contributed by atoms with Gasteiger partial charge < -0.3 is 14.0 Å². The molecule has 12 heteroatoms. The molecule has 0 aliphatic heterocycles. The number of nitrogens with zero attached hydrogens (tertiary/aromatic N) is 4. The lowest BCUT2D eigenvalue weighted by molar-refractivity contribution is -0.118. The van der Waals surface area contributed by atoms with E-state index in [2.05, 4.69) is 37.4 Å². The van der Waals surface area contributed by atoms with Gasteiger partial charge in [-0.2, -0.15) is 5.10 Å². The number of rotatable bonds is 12. The molecule has 0 saturated heterocycles. The van der Waals surface area contributed by atoms with Crippen LogP contribution in [0.4, 0.5) is 8.78 Å². The molecule has 0 unspecified atom stereocenters. The Kier molecular flexibility index (Phi) is 9.38. The van der Waals surface area contributed by atoms with Gasteiger partial charge >= 0.3 is 0 Å². The number of hydrazone groups is 1. The van der Waals surface area contributed by atoms with Crippen LogP contribution < -0.4 is 14.9 Å². The third-order valence-electron chi connectivity index (χ3n) is 6.80. The number of aromatic nitrogens is 3. The predicted molar refractivity (Wildman–Crippen MR) is 157 cm³/mol. The Morgan fingerprint density at radius 3 is 2.64 bits per heavy atom. The van der Waals surface area contributed by atoms with Gasteiger partial charge in [0.1, 0.15) is 24.0 Å². The SMILES string of the molecule is CCn1c(SCC(=O)N/N=C\c2ccc(OC)c(COc3ccc(F)cc3F)c2)nnc1[C@H]1C[C@H]1c1ccc(Cl)cc1. The van der Waals surface area contributed by atoms with Gasteiger partial charge in [0, 0.05) is 29.1 Å². The van der Waals surface area contributed by atoms with Gasteiger partial charge in [0.05, 0.1) is 19.1 Å². The number of amides is 1. The standard InChI is InChI=1S/C30H28ClF2N5O3S/c1-3-38-29(24-14-23(24)19-5-7-21(31)8-6-19)36-37-30(38)42-17-28(39)35-34-15-18-4-10-26(40-2)20(12-18)16-41-27-11-9-22(32)13-25(27)33/h4-13,15,23-24H,3,14,16-17H2,1-2H3,(H,35,39)/b34-15-/t23-,24-/m0/s1. The molecule has 1 heterocycles. The fourth-order valence-electron chi connectivity index (χ4n) is 4.62. The maximum Gasteiger partial charge on any atom is 0.250 e. The minimum absolute atomic E-state index is 0.0161. The third-order valence-corrected chi connectivity index (χ3v) is 8.02. The van der Waals surface area contributed by atoms with Crippen LogP contribution in [-0.4, -0.2) is 39.7 Å². The molecule has 4 aromatic rings. The van der Waals surface area contributed by atoms with E-state index in [0.29, 0.717) is 45.4 Å². The van der Waals surface area contributed by atoms with Crippen molar-refractivity contribution in [2.75, 3.05) is 12.9 Å². The molecule has 5 rings (SSSR count). The summed E-state index contributed by atoms with van der Waals surface area (Å²) >= 11 is 7.33. The Morgan fingerprint density at radius 1 is 1.12 bits per heavy atom. The molecule has 1 aromatic heterocycles. The Balaban J connectivity index is 1.14. The Labute approximate surface area is 251 Å². The first-order valence-electron chi connectivity index (χ1n) is 13.2. The van der Waals surface area contributed by atoms with Gasteiger partial charge in [0.25, 0.3) is 5.91 Å². The molecule has 0 spiro atoms. The maximum absolute atomic E-state index is 13.9. The van der Waals surface area contributed by atoms with Crippen molar-refractivity contribution in [1.29, 1.82) is 0 Å². The zero-order chi connectivity index (χ0) is 29.6. The first-order chi connectivity index (χ1) is 20.4. The zero-order valence-electron chi connectivity index (χ0n) is 22.9. The minimum Gasteiger partial charge on any atom is -0.496 e. The first-order valence-corrected chi connectivity index (χ1v) is 14.6. The van der Waals surface area contributed by atoms with E-state index in [4.69, 9.17) is 21.1 Å². The third kappa shape index (κ3) is 7.08. The van der Waals surface area contributed by atoms with E-state index < -0.39 is 11.6 Å². The summed E-state index contributed by atoms with van der Waals surface area (Å²) < 4.78 is 40.0. The van der Waals surface area contributed by atoms with Crippen LogP contribution >= 0.6 is 23.4 Å². The van der Waals surface area contributed by atoms with Gasteiger partial charge in [-0.1, -0.05) is 35.5 Å². The summed E-state index contributed by atoms with van der Waals surface area (Å²) in [5.74, 6) is 0.406. The van der Waals surface area contributed by atoms with Gasteiger partial charge in [0.2, 0.25) is 0 Å². The lowest BCUT2D eigenvalue weighted by Crippen LogP contribution is -2.20. The summed E-state index contributed by atoms with van der Waals surface area (Å²) in [6, 6.07) is 16.2. The van der Waals surface area contributed by atoms with E-state index in [9.17, 15) is 13.6 Å². The predicted octanol–water partition coefficient (Wildman–Crippen LogP) is 6.33. The summed E-state index contributed by atoms with van der Waals surface area (Å²) in [6.07, 6.45) is 2.49. The molecule has 1 fully saturated rings. The molecule has 1 amide bonds. The highest BCUT2D eigenvalue weighted by molar-refractivity contribution is 7.99. The number of methoxy groups -OCH3 is 1. The fraction of sp³-hybridized carbons (Fsp3) is 0.267. The van der Waals surface area contributed by atoms with Crippen molar-refractivity contribution in [2.45, 2.75) is 43.5 Å². The van der Waals surface area contributed by atoms with E-state index in [1.807, 2.05) is 19.1 Å². The number of halogens is 3. The highest BCUT2D eigenvalue weighted by Gasteiger charge is 2.43. The highest BCUT2D eigenvalue weighted by Crippen LogP contribution is 2.54. The molecule has 1 aliphatic carbocycles. The maximum atomic E-state index is 13.9. The van der Waals surface area contributed by atoms with Crippen LogP contribution in [0.15, 0.2) is 70.9 Å². The van der Waals surface area contributed by atoms with Crippen LogP contribution in [0.3, 0.4) is 0 Å². The number of nitrogens with one attached hydrogen (secondary N) is 1. The Hall–Kier alpha value is -3.96. The topological polar surface area (TPSA) is 90.6 Å². The average Bonchev–Trinajstić information content (AvgIpc) is 3.67. The Morgan fingerprint density at radius 2 is 1.90 bits per heavy atom. The minimum atomic E-state index is -0.796. The largest absolute Gasteiger partial charge is 0.496 e. The van der Waals surface area contributed by atoms with Crippen molar-refractivity contribution in [1.82, 2.24) is 20.2 Å². The van der Waals surface area contributed by atoms with E-state index in [0.717, 1.165) is 24.4 Å². The number of hydrogen-bond acceptors (Lipinski definition) is 7. The Bertz CT molecular complexity index is 1600. The summed E-state index contributed by atoms with van der Waals surface area (Å²) in [6.45, 7) is 2.72. The van der Waals surface area contributed by atoms with Gasteiger partial charge in [-0.15, -0.1) is 10.2 Å². The second kappa shape index (κ2) is 13.3. The lowest BCUT2D eigenvalue weighted by atomic mass is 10.1. The lowest BCUT2D eigenvalue weighted by Gasteiger charge is -2.11. The fourth-order valence-corrected chi connectivity index (χ4v) is 5.55. The summed E-state index contributed by atoms with van der Waals surface area (Å²) in [4.78, 5) is 12.5. The number of ether oxygens (including phenoxy) is 2. The smallest absolute Gasteiger partial charge is 0.250 e. The molecule has 1 N–H and O–H groups in total. The van der Waals surface area contributed by atoms with Crippen molar-refractivity contribution in [3.05, 3.63) is 99.8 Å². The van der Waals surface area contributed by atoms with Crippen LogP contribution in [0.2, 0.25) is 5.02 Å². The average molecular weight is 612 g/mol. The van der Waals surface area contributed by atoms with Gasteiger partial charge in [-0.25, -0.2) is 14.2 Å². The number of thioether (sulfide) groups is 1. The van der Waals surface area contributed by atoms with Crippen molar-refractivity contribution in [3.8, 4) is 11.5 Å². The monoisotopic (exact) mass is 611 g/mol. The molecule has 1 aliphatic rings. The zero-order valence-corrected chi connectivity index (χ0v) is 24.5. The van der Waals surface area contributed by atoms with Crippen LogP contribution in [0.5, 0.6) is 11.5 Å². The molecule has 3 aromatic carbocycles. The quantitative estimate of drug-likeness (QED) is 0.114. The van der Waals surface area contributed by atoms with Crippen LogP contribution in [0.1, 0.15) is 47.7 Å². The van der Waals surface area contributed by atoms with Crippen LogP contribution in [-0.2, 0) is 17.9 Å². The number of carbonyl (C=O) groups is 1. The van der Waals surface area contributed by atoms with Gasteiger partial charge in [-0.05, 0) is 72.9 Å². The van der Waals surface area contributed by atoms with E-state index in [-0.39, 0.29) is 24.0 Å². The normalized spacial score (nSPS) is 16.0. The second-order valence-electron chi connectivity index (χ2n) is 9.60. The van der Waals surface area contributed by atoms with Crippen molar-refractivity contribution >= 4 is 35.5 Å². The summed E-state index contributed by atoms with van der Waals surface area (Å²) in [5.41, 5.74) is 5.05. The molecule has 2 atom stereocenters. The highest BCUT2D eigenvalue weighted by atomic mass is 35.5. The molecule has 218 valence electrons. The molecule has 42 heavy (non-hydrogen) atoms. The summed E-state index contributed by atoms with van der Waals surface area (Å²) in [5, 5.41) is 14.2. The van der Waals surface area contributed by atoms with Crippen molar-refractivity contribution in [2.24, 2.45) is 5.10 Å². The van der Waals surface area contributed by atoms with Crippen molar-refractivity contribution < 1.29 is 23.0 Å². The van der Waals surface area contributed by atoms with Crippen LogP contribution in [0, 0.1) is 11.6 Å². The summed E-state index contributed by atoms with van der Waals surface area (Å²) in [7, 11) is 1.51. The van der Waals surface area contributed by atoms with E-state index in [1.165, 1.54) is 36.7 Å². The molecular weight excluding hydrogens is 584 g/mol. The molecular formula is C30H28ClF2N5O3S. The van der Waals surface area contributed by atoms with Gasteiger partial charge in [0.15, 0.2) is 16.7 Å². The van der Waals surface area contributed by atoms with E-state index >= 15 is 0 Å². The van der Waals surface area contributed by atoms with Crippen LogP contribution in [0.25, 0.3) is 0 Å². The van der Waals surface area contributed by atoms with Gasteiger partial charge in [-0.3, -0.25) is 4.79 Å². The number of carbonyl (C=O) groups excluding carboxylic acids is 1. The van der Waals surface area contributed by atoms with Crippen molar-refractivity contribution in [3.63, 3.8) is 0 Å². The van der Waals surface area contributed by atoms with E-state index in [1.54, 1.807) is 18.2 Å². The molecule has 0 radical (unpaired) electrons. The first kappa shape index (κ1) is 29.5. The molecule has 1 saturated carbocycles. The number of benzene rings is 3. The second-order valence-corrected chi connectivity index (χ2v) is 11.0.